The van der Waals surface area contributed by atoms with Crippen LogP contribution in [0.1, 0.15) is 275 Å². The molecule has 10 aliphatic rings. The molecule has 2 aliphatic carbocycles. The smallest absolute Gasteiger partial charge is 0.253 e. The topological polar surface area (TPSA) is 239 Å². The summed E-state index contributed by atoms with van der Waals surface area (Å²) in [5, 5.41) is 5.11. The van der Waals surface area contributed by atoms with Crippen molar-refractivity contribution in [2.75, 3.05) is 100 Å². The Morgan fingerprint density at radius 3 is 1.41 bits per heavy atom. The number of carbonyl (C=O) groups excluding carboxylic acids is 7. The molecular weight excluding hydrogens is 1690 g/mol. The third-order valence-corrected chi connectivity index (χ3v) is 31.6. The van der Waals surface area contributed by atoms with Crippen LogP contribution in [0.3, 0.4) is 0 Å². The maximum Gasteiger partial charge on any atom is 0.253 e. The van der Waals surface area contributed by atoms with E-state index in [1.54, 1.807) is 44.4 Å². The van der Waals surface area contributed by atoms with Gasteiger partial charge in [-0.25, -0.2) is 13.1 Å². The van der Waals surface area contributed by atoms with Crippen molar-refractivity contribution in [3.05, 3.63) is 217 Å². The van der Waals surface area contributed by atoms with Crippen LogP contribution in [0.15, 0.2) is 138 Å². The summed E-state index contributed by atoms with van der Waals surface area (Å²) in [6.07, 6.45) is 15.4. The number of aromatic nitrogens is 4. The fraction of sp³-hybridized carbons (Fsp3) is 0.539. The zero-order valence-electron chi connectivity index (χ0n) is 78.4. The Kier molecular flexibility index (Phi) is 27.4. The molecule has 18 rings (SSSR count). The summed E-state index contributed by atoms with van der Waals surface area (Å²) in [6, 6.07) is 41.9. The molecule has 24 nitrogen and oxygen atoms in total. The molecule has 6 fully saturated rings. The van der Waals surface area contributed by atoms with Crippen LogP contribution < -0.4 is 19.5 Å². The van der Waals surface area contributed by atoms with Crippen molar-refractivity contribution < 1.29 is 54.3 Å². The van der Waals surface area contributed by atoms with Gasteiger partial charge in [0.15, 0.2) is 17.3 Å². The summed E-state index contributed by atoms with van der Waals surface area (Å²) in [6.45, 7) is 33.5. The van der Waals surface area contributed by atoms with Crippen molar-refractivity contribution in [3.63, 3.8) is 0 Å². The van der Waals surface area contributed by atoms with E-state index in [-0.39, 0.29) is 88.2 Å². The van der Waals surface area contributed by atoms with Crippen LogP contribution in [0.4, 0.5) is 0 Å². The van der Waals surface area contributed by atoms with Crippen molar-refractivity contribution in [3.8, 4) is 11.5 Å². The first-order valence-electron chi connectivity index (χ1n) is 46.8. The summed E-state index contributed by atoms with van der Waals surface area (Å²) in [5.41, 5.74) is 10.8. The average Bonchev–Trinajstić information content (AvgIpc) is 1.63. The molecule has 0 radical (unpaired) electrons. The van der Waals surface area contributed by atoms with E-state index in [1.165, 1.54) is 48.3 Å². The van der Waals surface area contributed by atoms with Gasteiger partial charge in [0.1, 0.15) is 16.7 Å². The molecule has 4 aromatic carbocycles. The highest BCUT2D eigenvalue weighted by Crippen LogP contribution is 2.51. The number of likely N-dealkylation sites (tertiary alicyclic amines) is 4. The first kappa shape index (κ1) is 94.5. The van der Waals surface area contributed by atoms with Gasteiger partial charge in [-0.1, -0.05) is 82.8 Å². The molecule has 12 heterocycles. The van der Waals surface area contributed by atoms with Gasteiger partial charge in [-0.15, -0.1) is 0 Å². The van der Waals surface area contributed by atoms with E-state index >= 15 is 0 Å². The number of methoxy groups -OCH3 is 1. The zero-order chi connectivity index (χ0) is 92.2. The predicted octanol–water partition coefficient (Wildman–Crippen LogP) is 17.2. The highest BCUT2D eigenvalue weighted by Gasteiger charge is 2.53. The number of rotatable bonds is 18. The van der Waals surface area contributed by atoms with E-state index in [4.69, 9.17) is 32.7 Å². The number of ketones is 3. The van der Waals surface area contributed by atoms with Gasteiger partial charge in [0.25, 0.3) is 23.6 Å². The Morgan fingerprint density at radius 1 is 0.512 bits per heavy atom. The third kappa shape index (κ3) is 19.2. The number of benzene rings is 4. The molecule has 27 heteroatoms. The van der Waals surface area contributed by atoms with E-state index in [1.807, 2.05) is 116 Å². The Balaban J connectivity index is 0.000000148. The largest absolute Gasteiger partial charge is 0.496 e. The number of piperidine rings is 4. The number of likely N-dealkylation sites (N-methyl/N-ethyl adjacent to an activating group) is 3. The van der Waals surface area contributed by atoms with Crippen molar-refractivity contribution in [2.45, 2.75) is 250 Å². The number of carbonyl (C=O) groups is 7. The highest BCUT2D eigenvalue weighted by atomic mass is 35.5. The monoisotopic (exact) mass is 1820 g/mol. The fourth-order valence-electron chi connectivity index (χ4n) is 21.3. The van der Waals surface area contributed by atoms with E-state index < -0.39 is 15.4 Å². The Hall–Kier alpha value is -9.18. The van der Waals surface area contributed by atoms with Crippen LogP contribution in [0.2, 0.25) is 10.2 Å². The molecule has 696 valence electrons. The summed E-state index contributed by atoms with van der Waals surface area (Å²) in [4.78, 5) is 106. The van der Waals surface area contributed by atoms with E-state index in [0.717, 1.165) is 193 Å². The zero-order valence-corrected chi connectivity index (χ0v) is 80.7. The lowest BCUT2D eigenvalue weighted by molar-refractivity contribution is 0.0123. The average molecular weight is 1820 g/mol. The fourth-order valence-corrected chi connectivity index (χ4v) is 23.1. The lowest BCUT2D eigenvalue weighted by Gasteiger charge is -2.51. The second-order valence-electron chi connectivity index (χ2n) is 40.1. The molecule has 2 N–H and O–H groups in total. The third-order valence-electron chi connectivity index (χ3n) is 29.4. The number of Topliss-reactive ketones (excluding diaryl/α,β-unsaturated/α-hetero) is 3. The van der Waals surface area contributed by atoms with Crippen molar-refractivity contribution >= 4 is 74.2 Å². The van der Waals surface area contributed by atoms with E-state index in [9.17, 15) is 42.0 Å². The number of fused-ring (bicyclic) bond motifs is 8. The molecule has 8 aromatic rings. The predicted molar refractivity (Wildman–Crippen MR) is 509 cm³/mol. The molecule has 0 atom stereocenters. The van der Waals surface area contributed by atoms with Gasteiger partial charge in [-0.05, 0) is 278 Å². The maximum absolute atomic E-state index is 13.2. The first-order chi connectivity index (χ1) is 61.3. The summed E-state index contributed by atoms with van der Waals surface area (Å²) in [5.74, 6) is 2.06. The number of halogens is 2. The number of unbranched alkanes of at least 4 members (excludes halogenated alkanes) is 2. The minimum Gasteiger partial charge on any atom is -0.496 e. The molecular formula is C102H137Cl2N13O11S. The number of sulfonamides is 1. The van der Waals surface area contributed by atoms with Crippen LogP contribution in [0.5, 0.6) is 11.5 Å². The van der Waals surface area contributed by atoms with Crippen LogP contribution in [-0.2, 0) is 64.8 Å². The number of ether oxygens (including phenoxy) is 2. The number of nitrogens with zero attached hydrogens (tertiary/aromatic N) is 11. The number of hydrogen-bond acceptors (Lipinski definition) is 15. The Labute approximate surface area is 775 Å². The van der Waals surface area contributed by atoms with Gasteiger partial charge >= 0.3 is 0 Å². The number of nitrogens with one attached hydrogen (secondary N) is 2. The molecule has 8 aliphatic heterocycles. The van der Waals surface area contributed by atoms with E-state index in [0.29, 0.717) is 72.5 Å². The summed E-state index contributed by atoms with van der Waals surface area (Å²) in [7, 11) is 4.63. The van der Waals surface area contributed by atoms with Gasteiger partial charge in [0.05, 0.1) is 62.4 Å². The number of hydrogen-bond donors (Lipinski definition) is 2. The lowest BCUT2D eigenvalue weighted by Crippen LogP contribution is -2.63. The van der Waals surface area contributed by atoms with Crippen LogP contribution in [-0.4, -0.2) is 220 Å². The molecule has 129 heavy (non-hydrogen) atoms. The summed E-state index contributed by atoms with van der Waals surface area (Å²) >= 11 is 12.8. The van der Waals surface area contributed by atoms with Gasteiger partial charge in [-0.3, -0.25) is 53.6 Å². The molecule has 4 spiro atoms. The van der Waals surface area contributed by atoms with Crippen molar-refractivity contribution in [1.29, 1.82) is 0 Å². The minimum absolute atomic E-state index is 0. The molecule has 4 amide bonds. The second kappa shape index (κ2) is 37.5. The maximum atomic E-state index is 13.2. The molecule has 2 saturated carbocycles. The van der Waals surface area contributed by atoms with Crippen molar-refractivity contribution in [1.82, 2.24) is 62.6 Å². The second-order valence-corrected chi connectivity index (χ2v) is 42.6. The van der Waals surface area contributed by atoms with Gasteiger partial charge in [0, 0.05) is 175 Å². The lowest BCUT2D eigenvalue weighted by atomic mass is 9.79. The number of amides is 4. The molecule has 0 unspecified atom stereocenters. The number of aryl methyl sites for hydroxylation is 2. The van der Waals surface area contributed by atoms with Crippen LogP contribution in [0.25, 0.3) is 0 Å². The highest BCUT2D eigenvalue weighted by molar-refractivity contribution is 7.89. The SMILES string of the molecule is CC(=O)c1ccc2n1CC(C)(C)NC21CCN(C(=O)c2ccc(OC(C)C)c(Cl)c2)CC1.CCCCCc1ccc(C(=O)N2CCC3(CC2)c2ccc(Cl)n2CCN3C)cc1.CN1CCn2c(C(=O)C(C)(C)C)ccc2C12CCN(C(=O)c1ccc(S(=O)(=O)NC3CC3)cc1)CC2.COc1ccc(C(=O)N2CCC3(CC2)c2ccc(C(=O)C4(C)CC4)n2CCN3C)cc1C.[HH].[HH]. The van der Waals surface area contributed by atoms with Gasteiger partial charge in [0.2, 0.25) is 10.0 Å². The molecule has 4 saturated heterocycles. The first-order valence-corrected chi connectivity index (χ1v) is 49.0. The quantitative estimate of drug-likeness (QED) is 0.0600. The standard InChI is InChI=1S/C27H36N4O4S.C26H33N3O3.C25H32ClN3O3.C24H32ClN3O.2H2/c1-26(2,3)24(32)22-11-12-23-27(29(4)17-18-31(22)23)13-15-30(16-14-27)25(33)19-5-9-21(10-6-19)36(34,35)28-20-7-8-20;1-18-17-19(5-7-21(18)32-4)24(31)28-13-11-26(12-14-28)22-8-6-20(23(30)25(2)9-10-25)29(22)16-15-27(26)3;1-16(2)32-21-8-6-18(14-19(21)26)23(31)28-12-10-25(11-13-28)22-9-7-20(17(3)30)29(22)15-24(4,5)27-25;1-3-4-5-6-19-7-9-20(10-8-19)23(29)27-15-13-24(14-16-27)21-11-12-22(25)28(21)18-17-26(24)2;;/h5-6,9-12,20,28H,7-8,13-18H2,1-4H3;5-8,17H,9-16H2,1-4H3;6-9,14,16,27H,10-13,15H2,1-5H3;7-12H,3-6,13-18H2,1-2H3;2*1H. The van der Waals surface area contributed by atoms with E-state index in [2.05, 4.69) is 128 Å². The molecule has 0 bridgehead atoms. The Bertz CT molecular complexity index is 5630. The van der Waals surface area contributed by atoms with Crippen molar-refractivity contribution in [2.24, 2.45) is 10.8 Å². The normalized spacial score (nSPS) is 20.0. The van der Waals surface area contributed by atoms with Gasteiger partial charge < -0.3 is 47.3 Å². The van der Waals surface area contributed by atoms with Crippen LogP contribution in [0, 0.1) is 17.8 Å². The van der Waals surface area contributed by atoms with Gasteiger partial charge in [-0.2, -0.15) is 0 Å². The van der Waals surface area contributed by atoms with Crippen LogP contribution >= 0.6 is 23.2 Å². The minimum atomic E-state index is -3.54. The molecule has 4 aromatic heterocycles. The summed E-state index contributed by atoms with van der Waals surface area (Å²) < 4.78 is 47.4. The Morgan fingerprint density at radius 2 is 0.946 bits per heavy atom.